The molecule has 7 nitrogen and oxygen atoms in total. The van der Waals surface area contributed by atoms with Crippen LogP contribution in [0.25, 0.3) is 0 Å². The second kappa shape index (κ2) is 7.10. The molecule has 1 aromatic carbocycles. The molecular weight excluding hydrogens is 398 g/mol. The van der Waals surface area contributed by atoms with E-state index >= 15 is 0 Å². The van der Waals surface area contributed by atoms with Gasteiger partial charge in [-0.1, -0.05) is 0 Å². The second-order valence-corrected chi connectivity index (χ2v) is 7.76. The van der Waals surface area contributed by atoms with E-state index in [0.717, 1.165) is 12.8 Å². The standard InChI is InChI=1S/C15H16BrN3O4S/c16-11-4-3-10(5-12(11)19(22)23)15(21)18-8-24-7-13(18)14(20)17-6-9-1-2-9/h3-5,9,13H,1-2,6-8H2,(H,17,20). The van der Waals surface area contributed by atoms with Crippen molar-refractivity contribution in [3.05, 3.63) is 38.3 Å². The van der Waals surface area contributed by atoms with Gasteiger partial charge in [-0.15, -0.1) is 11.8 Å². The molecule has 9 heteroatoms. The SMILES string of the molecule is O=C(NCC1CC1)C1CSCN1C(=O)c1ccc(Br)c([N+](=O)[O-])c1. The lowest BCUT2D eigenvalue weighted by Gasteiger charge is -2.23. The van der Waals surface area contributed by atoms with E-state index in [1.807, 2.05) is 0 Å². The third-order valence-electron chi connectivity index (χ3n) is 4.10. The zero-order valence-corrected chi connectivity index (χ0v) is 15.1. The largest absolute Gasteiger partial charge is 0.354 e. The Hall–Kier alpha value is -1.61. The van der Waals surface area contributed by atoms with Gasteiger partial charge in [-0.25, -0.2) is 0 Å². The van der Waals surface area contributed by atoms with Gasteiger partial charge in [-0.2, -0.15) is 0 Å². The maximum Gasteiger partial charge on any atom is 0.284 e. The first-order valence-electron chi connectivity index (χ1n) is 7.57. The lowest BCUT2D eigenvalue weighted by Crippen LogP contribution is -2.47. The van der Waals surface area contributed by atoms with Gasteiger partial charge in [0.25, 0.3) is 11.6 Å². The van der Waals surface area contributed by atoms with Crippen LogP contribution in [0, 0.1) is 16.0 Å². The molecule has 2 aliphatic rings. The first-order chi connectivity index (χ1) is 11.5. The van der Waals surface area contributed by atoms with Crippen molar-refractivity contribution in [3.8, 4) is 0 Å². The normalized spacial score (nSPS) is 20.0. The van der Waals surface area contributed by atoms with Crippen LogP contribution in [-0.2, 0) is 4.79 Å². The molecule has 1 aliphatic heterocycles. The number of thioether (sulfide) groups is 1. The molecule has 1 N–H and O–H groups in total. The Morgan fingerprint density at radius 1 is 1.42 bits per heavy atom. The Labute approximate surface area is 151 Å². The first-order valence-corrected chi connectivity index (χ1v) is 9.52. The van der Waals surface area contributed by atoms with Gasteiger partial charge < -0.3 is 10.2 Å². The van der Waals surface area contributed by atoms with E-state index < -0.39 is 11.0 Å². The molecule has 0 bridgehead atoms. The second-order valence-electron chi connectivity index (χ2n) is 5.90. The van der Waals surface area contributed by atoms with E-state index in [4.69, 9.17) is 0 Å². The zero-order chi connectivity index (χ0) is 17.3. The minimum absolute atomic E-state index is 0.146. The van der Waals surface area contributed by atoms with Gasteiger partial charge in [0.05, 0.1) is 15.3 Å². The maximum atomic E-state index is 12.7. The molecule has 24 heavy (non-hydrogen) atoms. The summed E-state index contributed by atoms with van der Waals surface area (Å²) in [6, 6.07) is 3.73. The number of amides is 2. The molecular formula is C15H16BrN3O4S. The van der Waals surface area contributed by atoms with Gasteiger partial charge in [0.15, 0.2) is 0 Å². The number of carbonyl (C=O) groups is 2. The van der Waals surface area contributed by atoms with Crippen LogP contribution in [0.3, 0.4) is 0 Å². The topological polar surface area (TPSA) is 92.6 Å². The van der Waals surface area contributed by atoms with Crippen molar-refractivity contribution in [2.75, 3.05) is 18.2 Å². The molecule has 1 aliphatic carbocycles. The summed E-state index contributed by atoms with van der Waals surface area (Å²) in [5.74, 6) is 1.01. The Balaban J connectivity index is 1.74. The van der Waals surface area contributed by atoms with E-state index in [0.29, 0.717) is 28.6 Å². The van der Waals surface area contributed by atoms with Crippen molar-refractivity contribution in [1.29, 1.82) is 0 Å². The highest BCUT2D eigenvalue weighted by molar-refractivity contribution is 9.10. The molecule has 1 atom stereocenters. The van der Waals surface area contributed by atoms with Crippen LogP contribution in [0.15, 0.2) is 22.7 Å². The summed E-state index contributed by atoms with van der Waals surface area (Å²) in [5, 5.41) is 13.9. The third-order valence-corrected chi connectivity index (χ3v) is 5.78. The van der Waals surface area contributed by atoms with Crippen molar-refractivity contribution >= 4 is 45.2 Å². The molecule has 0 spiro atoms. The number of benzene rings is 1. The minimum Gasteiger partial charge on any atom is -0.354 e. The number of nitrogens with one attached hydrogen (secondary N) is 1. The van der Waals surface area contributed by atoms with Crippen molar-refractivity contribution in [3.63, 3.8) is 0 Å². The van der Waals surface area contributed by atoms with Crippen LogP contribution in [0.2, 0.25) is 0 Å². The van der Waals surface area contributed by atoms with Crippen molar-refractivity contribution in [1.82, 2.24) is 10.2 Å². The quantitative estimate of drug-likeness (QED) is 0.590. The summed E-state index contributed by atoms with van der Waals surface area (Å²) in [7, 11) is 0. The molecule has 2 amide bonds. The zero-order valence-electron chi connectivity index (χ0n) is 12.7. The fourth-order valence-electron chi connectivity index (χ4n) is 2.50. The van der Waals surface area contributed by atoms with Crippen molar-refractivity contribution in [2.45, 2.75) is 18.9 Å². The molecule has 1 saturated heterocycles. The number of rotatable bonds is 5. The van der Waals surface area contributed by atoms with Gasteiger partial charge in [0.2, 0.25) is 5.91 Å². The number of nitro benzene ring substituents is 1. The highest BCUT2D eigenvalue weighted by Crippen LogP contribution is 2.30. The van der Waals surface area contributed by atoms with Gasteiger partial charge >= 0.3 is 0 Å². The summed E-state index contributed by atoms with van der Waals surface area (Å²) < 4.78 is 0.318. The molecule has 128 valence electrons. The summed E-state index contributed by atoms with van der Waals surface area (Å²) in [6.07, 6.45) is 2.29. The van der Waals surface area contributed by atoms with Crippen LogP contribution in [0.4, 0.5) is 5.69 Å². The average molecular weight is 414 g/mol. The van der Waals surface area contributed by atoms with E-state index in [2.05, 4.69) is 21.2 Å². The van der Waals surface area contributed by atoms with Crippen LogP contribution in [0.1, 0.15) is 23.2 Å². The van der Waals surface area contributed by atoms with Crippen LogP contribution < -0.4 is 5.32 Å². The Morgan fingerprint density at radius 2 is 2.17 bits per heavy atom. The Morgan fingerprint density at radius 3 is 2.83 bits per heavy atom. The number of carbonyl (C=O) groups excluding carboxylic acids is 2. The van der Waals surface area contributed by atoms with Crippen molar-refractivity contribution < 1.29 is 14.5 Å². The van der Waals surface area contributed by atoms with Crippen LogP contribution in [-0.4, -0.2) is 45.9 Å². The number of hydrogen-bond donors (Lipinski definition) is 1. The molecule has 1 aromatic rings. The van der Waals surface area contributed by atoms with E-state index in [-0.39, 0.29) is 23.1 Å². The smallest absolute Gasteiger partial charge is 0.284 e. The molecule has 0 radical (unpaired) electrons. The van der Waals surface area contributed by atoms with Gasteiger partial charge in [-0.05, 0) is 46.8 Å². The summed E-state index contributed by atoms with van der Waals surface area (Å²) >= 11 is 4.61. The first kappa shape index (κ1) is 17.2. The van der Waals surface area contributed by atoms with Gasteiger partial charge in [0, 0.05) is 23.9 Å². The summed E-state index contributed by atoms with van der Waals surface area (Å²) in [6.45, 7) is 0.659. The lowest BCUT2D eigenvalue weighted by atomic mass is 10.1. The minimum atomic E-state index is -0.542. The monoisotopic (exact) mass is 413 g/mol. The highest BCUT2D eigenvalue weighted by Gasteiger charge is 2.36. The Bertz CT molecular complexity index is 695. The van der Waals surface area contributed by atoms with Crippen molar-refractivity contribution in [2.24, 2.45) is 5.92 Å². The molecule has 1 saturated carbocycles. The fourth-order valence-corrected chi connectivity index (χ4v) is 4.04. The lowest BCUT2D eigenvalue weighted by molar-refractivity contribution is -0.385. The predicted octanol–water partition coefficient (Wildman–Crippen LogP) is 2.40. The third kappa shape index (κ3) is 3.72. The number of hydrogen-bond acceptors (Lipinski definition) is 5. The molecule has 1 unspecified atom stereocenters. The Kier molecular flexibility index (Phi) is 5.09. The van der Waals surface area contributed by atoms with Gasteiger partial charge in [0.1, 0.15) is 6.04 Å². The van der Waals surface area contributed by atoms with E-state index in [9.17, 15) is 19.7 Å². The number of halogens is 1. The van der Waals surface area contributed by atoms with E-state index in [1.165, 1.54) is 34.9 Å². The summed E-state index contributed by atoms with van der Waals surface area (Å²) in [4.78, 5) is 37.0. The number of nitrogens with zero attached hydrogens (tertiary/aromatic N) is 2. The summed E-state index contributed by atoms with van der Waals surface area (Å²) in [5.41, 5.74) is 0.0508. The predicted molar refractivity (Wildman–Crippen MR) is 93.8 cm³/mol. The molecule has 1 heterocycles. The van der Waals surface area contributed by atoms with Crippen LogP contribution in [0.5, 0.6) is 0 Å². The molecule has 2 fully saturated rings. The maximum absolute atomic E-state index is 12.7. The average Bonchev–Trinajstić information content (AvgIpc) is 3.26. The van der Waals surface area contributed by atoms with Gasteiger partial charge in [-0.3, -0.25) is 19.7 Å². The fraction of sp³-hybridized carbons (Fsp3) is 0.467. The molecule has 0 aromatic heterocycles. The van der Waals surface area contributed by atoms with E-state index in [1.54, 1.807) is 0 Å². The van der Waals surface area contributed by atoms with Crippen LogP contribution >= 0.6 is 27.7 Å². The number of nitro groups is 1. The molecule has 3 rings (SSSR count). The highest BCUT2D eigenvalue weighted by atomic mass is 79.9.